The lowest BCUT2D eigenvalue weighted by Crippen LogP contribution is -2.46. The molecule has 2 N–H and O–H groups in total. The van der Waals surface area contributed by atoms with Crippen molar-refractivity contribution in [2.75, 3.05) is 0 Å². The lowest BCUT2D eigenvalue weighted by atomic mass is 9.72. The van der Waals surface area contributed by atoms with Crippen LogP contribution in [-0.4, -0.2) is 18.2 Å². The van der Waals surface area contributed by atoms with E-state index in [0.29, 0.717) is 6.17 Å². The molecular weight excluding hydrogens is 340 g/mol. The number of hydrogen-bond acceptors (Lipinski definition) is 2. The van der Waals surface area contributed by atoms with Crippen LogP contribution in [0.1, 0.15) is 105 Å². The molecule has 162 valence electrons. The van der Waals surface area contributed by atoms with E-state index in [9.17, 15) is 0 Å². The van der Waals surface area contributed by atoms with E-state index in [1.54, 1.807) is 0 Å². The smallest absolute Gasteiger partial charge is 0.0606 e. The van der Waals surface area contributed by atoms with Gasteiger partial charge in [0.1, 0.15) is 0 Å². The predicted molar refractivity (Wildman–Crippen MR) is 120 cm³/mol. The maximum absolute atomic E-state index is 4.25. The molecule has 2 nitrogen and oxygen atoms in total. The molecule has 0 aromatic carbocycles. The molecule has 4 rings (SSSR count). The molecule has 4 fully saturated rings. The summed E-state index contributed by atoms with van der Waals surface area (Å²) in [5, 5.41) is 8.50. The summed E-state index contributed by atoms with van der Waals surface area (Å²) in [6.07, 6.45) is 18.1. The van der Waals surface area contributed by atoms with Gasteiger partial charge in [-0.25, -0.2) is 0 Å². The van der Waals surface area contributed by atoms with Gasteiger partial charge in [0.2, 0.25) is 0 Å². The monoisotopic (exact) mass is 388 g/mol. The standard InChI is InChI=1S/C26H48N2/c1-17(2)22-6-5-7-23(16-22)26-27-24(20-12-8-18(3)9-13-20)25(28-26)21-14-10-19(4)11-15-21/h17-28H,5-16H2,1-4H3. The van der Waals surface area contributed by atoms with Gasteiger partial charge in [0.25, 0.3) is 0 Å². The Labute approximate surface area is 175 Å². The van der Waals surface area contributed by atoms with E-state index in [-0.39, 0.29) is 0 Å². The van der Waals surface area contributed by atoms with Crippen LogP contribution in [0.2, 0.25) is 0 Å². The first-order valence-corrected chi connectivity index (χ1v) is 13.0. The fourth-order valence-corrected chi connectivity index (χ4v) is 7.27. The van der Waals surface area contributed by atoms with Gasteiger partial charge in [-0.1, -0.05) is 66.2 Å². The van der Waals surface area contributed by atoms with Crippen LogP contribution in [0.3, 0.4) is 0 Å². The van der Waals surface area contributed by atoms with Crippen LogP contribution in [0, 0.1) is 41.4 Å². The number of nitrogens with one attached hydrogen (secondary N) is 2. The Balaban J connectivity index is 1.45. The molecule has 3 saturated carbocycles. The van der Waals surface area contributed by atoms with E-state index >= 15 is 0 Å². The third-order valence-corrected chi connectivity index (χ3v) is 9.44. The quantitative estimate of drug-likeness (QED) is 0.585. The van der Waals surface area contributed by atoms with Crippen molar-refractivity contribution < 1.29 is 0 Å². The first-order valence-electron chi connectivity index (χ1n) is 13.0. The molecule has 4 atom stereocenters. The van der Waals surface area contributed by atoms with E-state index < -0.39 is 0 Å². The Bertz CT molecular complexity index is 443. The largest absolute Gasteiger partial charge is 0.297 e. The van der Waals surface area contributed by atoms with Gasteiger partial charge < -0.3 is 0 Å². The maximum atomic E-state index is 4.25. The van der Waals surface area contributed by atoms with Crippen LogP contribution in [0.15, 0.2) is 0 Å². The second-order valence-electron chi connectivity index (χ2n) is 11.8. The minimum Gasteiger partial charge on any atom is -0.297 e. The zero-order valence-electron chi connectivity index (χ0n) is 19.3. The maximum Gasteiger partial charge on any atom is 0.0606 e. The number of hydrogen-bond donors (Lipinski definition) is 2. The average molecular weight is 389 g/mol. The molecule has 1 aliphatic heterocycles. The Morgan fingerprint density at radius 3 is 1.57 bits per heavy atom. The molecule has 1 heterocycles. The summed E-state index contributed by atoms with van der Waals surface area (Å²) in [5.41, 5.74) is 0. The van der Waals surface area contributed by atoms with E-state index in [4.69, 9.17) is 0 Å². The fourth-order valence-electron chi connectivity index (χ4n) is 7.27. The molecule has 0 radical (unpaired) electrons. The third kappa shape index (κ3) is 4.80. The van der Waals surface area contributed by atoms with Crippen LogP contribution in [0.25, 0.3) is 0 Å². The van der Waals surface area contributed by atoms with Crippen molar-refractivity contribution in [2.24, 2.45) is 41.4 Å². The topological polar surface area (TPSA) is 24.1 Å². The van der Waals surface area contributed by atoms with Crippen molar-refractivity contribution in [2.45, 2.75) is 123 Å². The summed E-state index contributed by atoms with van der Waals surface area (Å²) in [5.74, 6) is 6.42. The minimum absolute atomic E-state index is 0.593. The van der Waals surface area contributed by atoms with Gasteiger partial charge >= 0.3 is 0 Å². The zero-order chi connectivity index (χ0) is 19.7. The lowest BCUT2D eigenvalue weighted by Gasteiger charge is -2.38. The van der Waals surface area contributed by atoms with E-state index in [0.717, 1.165) is 53.5 Å². The molecule has 0 spiro atoms. The molecule has 0 aromatic heterocycles. The molecule has 0 amide bonds. The Morgan fingerprint density at radius 2 is 1.11 bits per heavy atom. The van der Waals surface area contributed by atoms with Crippen LogP contribution in [-0.2, 0) is 0 Å². The summed E-state index contributed by atoms with van der Waals surface area (Å²) in [6, 6.07) is 1.49. The van der Waals surface area contributed by atoms with Crippen molar-refractivity contribution >= 4 is 0 Å². The normalized spacial score (nSPS) is 48.1. The summed E-state index contributed by atoms with van der Waals surface area (Å²) in [4.78, 5) is 0. The van der Waals surface area contributed by atoms with E-state index in [1.165, 1.54) is 77.0 Å². The molecule has 4 aliphatic rings. The van der Waals surface area contributed by atoms with Crippen molar-refractivity contribution in [3.05, 3.63) is 0 Å². The van der Waals surface area contributed by atoms with E-state index in [1.807, 2.05) is 0 Å². The first kappa shape index (κ1) is 21.2. The average Bonchev–Trinajstić information content (AvgIpc) is 3.14. The molecule has 28 heavy (non-hydrogen) atoms. The minimum atomic E-state index is 0.593. The Kier molecular flexibility index (Phi) is 7.09. The van der Waals surface area contributed by atoms with Gasteiger partial charge in [-0.3, -0.25) is 10.6 Å². The molecule has 0 bridgehead atoms. The SMILES string of the molecule is CC1CCC(C2NC(C3CCCC(C(C)C)C3)NC2C2CCC(C)CC2)CC1. The highest BCUT2D eigenvalue weighted by molar-refractivity contribution is 5.03. The molecule has 2 heteroatoms. The highest BCUT2D eigenvalue weighted by Crippen LogP contribution is 2.41. The highest BCUT2D eigenvalue weighted by atomic mass is 15.3. The summed E-state index contributed by atoms with van der Waals surface area (Å²) >= 11 is 0. The van der Waals surface area contributed by atoms with Gasteiger partial charge in [0, 0.05) is 12.1 Å². The lowest BCUT2D eigenvalue weighted by molar-refractivity contribution is 0.169. The molecule has 0 aromatic rings. The van der Waals surface area contributed by atoms with Crippen molar-refractivity contribution in [3.8, 4) is 0 Å². The van der Waals surface area contributed by atoms with Crippen LogP contribution in [0.5, 0.6) is 0 Å². The van der Waals surface area contributed by atoms with E-state index in [2.05, 4.69) is 38.3 Å². The first-order chi connectivity index (χ1) is 13.5. The van der Waals surface area contributed by atoms with Gasteiger partial charge in [-0.05, 0) is 80.0 Å². The third-order valence-electron chi connectivity index (χ3n) is 9.44. The van der Waals surface area contributed by atoms with Gasteiger partial charge in [-0.15, -0.1) is 0 Å². The highest BCUT2D eigenvalue weighted by Gasteiger charge is 2.45. The second-order valence-corrected chi connectivity index (χ2v) is 11.8. The molecule has 1 saturated heterocycles. The Hall–Kier alpha value is -0.0800. The molecule has 4 unspecified atom stereocenters. The van der Waals surface area contributed by atoms with Crippen molar-refractivity contribution in [3.63, 3.8) is 0 Å². The second kappa shape index (κ2) is 9.38. The van der Waals surface area contributed by atoms with Gasteiger partial charge in [-0.2, -0.15) is 0 Å². The van der Waals surface area contributed by atoms with Crippen LogP contribution in [0.4, 0.5) is 0 Å². The van der Waals surface area contributed by atoms with Gasteiger partial charge in [0.15, 0.2) is 0 Å². The summed E-state index contributed by atoms with van der Waals surface area (Å²) < 4.78 is 0. The van der Waals surface area contributed by atoms with Crippen molar-refractivity contribution in [1.82, 2.24) is 10.6 Å². The van der Waals surface area contributed by atoms with Crippen LogP contribution < -0.4 is 10.6 Å². The predicted octanol–water partition coefficient (Wildman–Crippen LogP) is 6.36. The van der Waals surface area contributed by atoms with Crippen molar-refractivity contribution in [1.29, 1.82) is 0 Å². The van der Waals surface area contributed by atoms with Crippen LogP contribution >= 0.6 is 0 Å². The fraction of sp³-hybridized carbons (Fsp3) is 1.00. The zero-order valence-corrected chi connectivity index (χ0v) is 19.3. The number of rotatable bonds is 4. The summed E-state index contributed by atoms with van der Waals surface area (Å²) in [7, 11) is 0. The molecular formula is C26H48N2. The molecule has 3 aliphatic carbocycles. The van der Waals surface area contributed by atoms with Gasteiger partial charge in [0.05, 0.1) is 6.17 Å². The Morgan fingerprint density at radius 1 is 0.607 bits per heavy atom. The summed E-state index contributed by atoms with van der Waals surface area (Å²) in [6.45, 7) is 9.82.